The third-order valence-electron chi connectivity index (χ3n) is 4.82. The number of carbonyl (C=O) groups is 1. The van der Waals surface area contributed by atoms with Crippen LogP contribution in [0.25, 0.3) is 10.9 Å². The van der Waals surface area contributed by atoms with Crippen LogP contribution in [0.15, 0.2) is 79.1 Å². The van der Waals surface area contributed by atoms with Crippen molar-refractivity contribution in [3.63, 3.8) is 0 Å². The van der Waals surface area contributed by atoms with Gasteiger partial charge in [0.2, 0.25) is 0 Å². The Bertz CT molecular complexity index is 1090. The summed E-state index contributed by atoms with van der Waals surface area (Å²) in [5.41, 5.74) is 2.50. The van der Waals surface area contributed by atoms with Crippen LogP contribution in [0.3, 0.4) is 0 Å². The van der Waals surface area contributed by atoms with Gasteiger partial charge >= 0.3 is 0 Å². The molecule has 2 aromatic heterocycles. The number of hydrogen-bond donors (Lipinski definition) is 1. The number of aromatic nitrogens is 3. The fourth-order valence-electron chi connectivity index (χ4n) is 3.34. The lowest BCUT2D eigenvalue weighted by molar-refractivity contribution is 0.0950. The van der Waals surface area contributed by atoms with Crippen molar-refractivity contribution in [2.45, 2.75) is 19.4 Å². The molecule has 0 aliphatic heterocycles. The number of benzene rings is 2. The van der Waals surface area contributed by atoms with Crippen LogP contribution in [0.2, 0.25) is 0 Å². The van der Waals surface area contributed by atoms with E-state index in [1.807, 2.05) is 77.6 Å². The molecule has 6 heteroatoms. The summed E-state index contributed by atoms with van der Waals surface area (Å²) in [5.74, 6) is 0.700. The summed E-state index contributed by atoms with van der Waals surface area (Å²) in [5, 5.41) is 8.43. The van der Waals surface area contributed by atoms with E-state index in [9.17, 15) is 4.79 Å². The van der Waals surface area contributed by atoms with Gasteiger partial charge in [0.1, 0.15) is 5.75 Å². The molecule has 2 aromatic carbocycles. The first-order valence-electron chi connectivity index (χ1n) is 10.1. The van der Waals surface area contributed by atoms with Gasteiger partial charge in [-0.1, -0.05) is 42.5 Å². The minimum absolute atomic E-state index is 0.158. The number of ether oxygens (including phenoxy) is 1. The van der Waals surface area contributed by atoms with E-state index < -0.39 is 0 Å². The number of nitrogens with zero attached hydrogens (tertiary/aromatic N) is 3. The van der Waals surface area contributed by atoms with Gasteiger partial charge in [0.25, 0.3) is 5.91 Å². The molecule has 4 rings (SSSR count). The van der Waals surface area contributed by atoms with Crippen molar-refractivity contribution in [3.05, 3.63) is 90.4 Å². The highest BCUT2D eigenvalue weighted by atomic mass is 16.5. The molecule has 1 N–H and O–H groups in total. The third-order valence-corrected chi connectivity index (χ3v) is 4.82. The van der Waals surface area contributed by atoms with E-state index in [-0.39, 0.29) is 5.91 Å². The van der Waals surface area contributed by atoms with Gasteiger partial charge in [0.15, 0.2) is 5.69 Å². The second-order valence-corrected chi connectivity index (χ2v) is 6.97. The standard InChI is InChI=1S/C24H24N4O2/c29-24(26-15-13-19-8-6-14-25-18-19)23-21-11-4-5-12-22(21)28(27-23)16-7-17-30-20-9-2-1-3-10-20/h1-6,8-12,14,18H,7,13,15-17H2,(H,26,29). The van der Waals surface area contributed by atoms with E-state index in [1.54, 1.807) is 6.20 Å². The van der Waals surface area contributed by atoms with Crippen LogP contribution in [0.5, 0.6) is 5.75 Å². The summed E-state index contributed by atoms with van der Waals surface area (Å²) in [4.78, 5) is 16.9. The van der Waals surface area contributed by atoms with Gasteiger partial charge in [0.05, 0.1) is 12.1 Å². The number of nitrogens with one attached hydrogen (secondary N) is 1. The molecule has 1 amide bonds. The van der Waals surface area contributed by atoms with Crippen LogP contribution in [-0.4, -0.2) is 33.8 Å². The third kappa shape index (κ3) is 4.84. The maximum absolute atomic E-state index is 12.7. The van der Waals surface area contributed by atoms with Crippen LogP contribution in [0.1, 0.15) is 22.5 Å². The number of carbonyl (C=O) groups excluding carboxylic acids is 1. The Morgan fingerprint density at radius 2 is 1.83 bits per heavy atom. The molecule has 2 heterocycles. The molecule has 0 atom stereocenters. The number of hydrogen-bond acceptors (Lipinski definition) is 4. The van der Waals surface area contributed by atoms with Crippen molar-refractivity contribution in [1.82, 2.24) is 20.1 Å². The molecule has 0 spiro atoms. The fourth-order valence-corrected chi connectivity index (χ4v) is 3.34. The highest BCUT2D eigenvalue weighted by molar-refractivity contribution is 6.04. The Morgan fingerprint density at radius 1 is 1.00 bits per heavy atom. The minimum Gasteiger partial charge on any atom is -0.494 e. The average molecular weight is 400 g/mol. The molecule has 4 aromatic rings. The van der Waals surface area contributed by atoms with E-state index in [0.29, 0.717) is 25.4 Å². The van der Waals surface area contributed by atoms with Crippen LogP contribution < -0.4 is 10.1 Å². The Balaban J connectivity index is 1.38. The first kappa shape index (κ1) is 19.6. The lowest BCUT2D eigenvalue weighted by atomic mass is 10.2. The first-order chi connectivity index (χ1) is 14.8. The lowest BCUT2D eigenvalue weighted by Crippen LogP contribution is -2.26. The van der Waals surface area contributed by atoms with E-state index in [0.717, 1.165) is 35.1 Å². The van der Waals surface area contributed by atoms with Crippen LogP contribution >= 0.6 is 0 Å². The van der Waals surface area contributed by atoms with Crippen molar-refractivity contribution < 1.29 is 9.53 Å². The average Bonchev–Trinajstić information content (AvgIpc) is 3.17. The van der Waals surface area contributed by atoms with Gasteiger partial charge in [-0.25, -0.2) is 0 Å². The minimum atomic E-state index is -0.158. The normalized spacial score (nSPS) is 10.8. The molecular formula is C24H24N4O2. The van der Waals surface area contributed by atoms with Gasteiger partial charge in [0, 0.05) is 37.3 Å². The van der Waals surface area contributed by atoms with Crippen molar-refractivity contribution >= 4 is 16.8 Å². The Kier molecular flexibility index (Phi) is 6.35. The summed E-state index contributed by atoms with van der Waals surface area (Å²) in [6.45, 7) is 1.80. The maximum atomic E-state index is 12.7. The molecule has 0 unspecified atom stereocenters. The van der Waals surface area contributed by atoms with Gasteiger partial charge < -0.3 is 10.1 Å². The number of rotatable bonds is 9. The molecular weight excluding hydrogens is 376 g/mol. The van der Waals surface area contributed by atoms with Crippen molar-refractivity contribution in [1.29, 1.82) is 0 Å². The number of fused-ring (bicyclic) bond motifs is 1. The molecule has 0 aliphatic carbocycles. The van der Waals surface area contributed by atoms with Gasteiger partial charge in [-0.05, 0) is 36.2 Å². The second-order valence-electron chi connectivity index (χ2n) is 6.97. The lowest BCUT2D eigenvalue weighted by Gasteiger charge is -2.06. The zero-order valence-corrected chi connectivity index (χ0v) is 16.7. The van der Waals surface area contributed by atoms with Crippen molar-refractivity contribution in [3.8, 4) is 5.75 Å². The number of pyridine rings is 1. The van der Waals surface area contributed by atoms with Crippen molar-refractivity contribution in [2.75, 3.05) is 13.2 Å². The quantitative estimate of drug-likeness (QED) is 0.433. The zero-order valence-electron chi connectivity index (χ0n) is 16.7. The van der Waals surface area contributed by atoms with Gasteiger partial charge in [-0.15, -0.1) is 0 Å². The summed E-state index contributed by atoms with van der Waals surface area (Å²) in [6.07, 6.45) is 5.08. The monoisotopic (exact) mass is 400 g/mol. The summed E-state index contributed by atoms with van der Waals surface area (Å²) in [7, 11) is 0. The molecule has 0 aliphatic rings. The summed E-state index contributed by atoms with van der Waals surface area (Å²) in [6, 6.07) is 21.5. The maximum Gasteiger partial charge on any atom is 0.272 e. The molecule has 0 saturated heterocycles. The first-order valence-corrected chi connectivity index (χ1v) is 10.1. The van der Waals surface area contributed by atoms with Crippen LogP contribution in [-0.2, 0) is 13.0 Å². The Morgan fingerprint density at radius 3 is 2.67 bits per heavy atom. The largest absolute Gasteiger partial charge is 0.494 e. The molecule has 30 heavy (non-hydrogen) atoms. The van der Waals surface area contributed by atoms with Crippen molar-refractivity contribution in [2.24, 2.45) is 0 Å². The molecule has 6 nitrogen and oxygen atoms in total. The van der Waals surface area contributed by atoms with E-state index in [2.05, 4.69) is 15.4 Å². The zero-order chi connectivity index (χ0) is 20.6. The van der Waals surface area contributed by atoms with Crippen LogP contribution in [0, 0.1) is 0 Å². The Hall–Kier alpha value is -3.67. The number of aryl methyl sites for hydroxylation is 1. The van der Waals surface area contributed by atoms with Crippen LogP contribution in [0.4, 0.5) is 0 Å². The number of amides is 1. The fraction of sp³-hybridized carbons (Fsp3) is 0.208. The molecule has 152 valence electrons. The molecule has 0 bridgehead atoms. The highest BCUT2D eigenvalue weighted by Crippen LogP contribution is 2.19. The SMILES string of the molecule is O=C(NCCc1cccnc1)c1nn(CCCOc2ccccc2)c2ccccc12. The van der Waals surface area contributed by atoms with E-state index in [4.69, 9.17) is 4.74 Å². The van der Waals surface area contributed by atoms with E-state index >= 15 is 0 Å². The highest BCUT2D eigenvalue weighted by Gasteiger charge is 2.16. The van der Waals surface area contributed by atoms with Gasteiger partial charge in [-0.2, -0.15) is 5.10 Å². The summed E-state index contributed by atoms with van der Waals surface area (Å²) >= 11 is 0. The predicted octanol–water partition coefficient (Wildman–Crippen LogP) is 3.87. The topological polar surface area (TPSA) is 69.0 Å². The van der Waals surface area contributed by atoms with E-state index in [1.165, 1.54) is 0 Å². The smallest absolute Gasteiger partial charge is 0.272 e. The molecule has 0 saturated carbocycles. The number of para-hydroxylation sites is 2. The molecule has 0 fully saturated rings. The summed E-state index contributed by atoms with van der Waals surface area (Å²) < 4.78 is 7.65. The second kappa shape index (κ2) is 9.69. The molecule has 0 radical (unpaired) electrons. The Labute approximate surface area is 175 Å². The van der Waals surface area contributed by atoms with Gasteiger partial charge in [-0.3, -0.25) is 14.5 Å². The predicted molar refractivity (Wildman–Crippen MR) is 117 cm³/mol.